The number of hydrogen-bond acceptors (Lipinski definition) is 4. The third kappa shape index (κ3) is 5.96. The largest absolute Gasteiger partial charge is 0.481 e. The molecule has 150 valence electrons. The molecule has 2 aromatic rings. The van der Waals surface area contributed by atoms with E-state index < -0.39 is 6.10 Å². The maximum atomic E-state index is 12.4. The van der Waals surface area contributed by atoms with Crippen LogP contribution in [0.5, 0.6) is 5.75 Å². The molecule has 28 heavy (non-hydrogen) atoms. The van der Waals surface area contributed by atoms with Crippen LogP contribution in [0, 0.1) is 6.92 Å². The normalized spacial score (nSPS) is 15.8. The first-order valence-electron chi connectivity index (χ1n) is 9.60. The van der Waals surface area contributed by atoms with Crippen molar-refractivity contribution in [1.29, 1.82) is 0 Å². The van der Waals surface area contributed by atoms with Crippen molar-refractivity contribution in [1.82, 2.24) is 10.2 Å². The molecule has 1 heterocycles. The number of benzene rings is 2. The van der Waals surface area contributed by atoms with Gasteiger partial charge in [0.05, 0.1) is 13.2 Å². The van der Waals surface area contributed by atoms with E-state index in [2.05, 4.69) is 22.3 Å². The first-order chi connectivity index (χ1) is 13.5. The third-order valence-electron chi connectivity index (χ3n) is 4.78. The molecular weight excluding hydrogens is 376 g/mol. The molecular formula is C22H27ClN2O3. The van der Waals surface area contributed by atoms with Gasteiger partial charge in [-0.15, -0.1) is 0 Å². The van der Waals surface area contributed by atoms with Crippen LogP contribution in [-0.2, 0) is 22.6 Å². The number of ether oxygens (including phenoxy) is 2. The highest BCUT2D eigenvalue weighted by Crippen LogP contribution is 2.22. The number of nitrogens with one attached hydrogen (secondary N) is 1. The number of amides is 1. The van der Waals surface area contributed by atoms with Crippen molar-refractivity contribution in [2.75, 3.05) is 26.3 Å². The first-order valence-corrected chi connectivity index (χ1v) is 9.97. The maximum Gasteiger partial charge on any atom is 0.261 e. The van der Waals surface area contributed by atoms with Gasteiger partial charge >= 0.3 is 0 Å². The van der Waals surface area contributed by atoms with Crippen LogP contribution < -0.4 is 10.1 Å². The highest BCUT2D eigenvalue weighted by Gasteiger charge is 2.15. The molecule has 1 unspecified atom stereocenters. The lowest BCUT2D eigenvalue weighted by atomic mass is 10.1. The van der Waals surface area contributed by atoms with Crippen LogP contribution in [0.4, 0.5) is 0 Å². The van der Waals surface area contributed by atoms with E-state index in [1.807, 2.05) is 25.1 Å². The number of aryl methyl sites for hydroxylation is 1. The zero-order chi connectivity index (χ0) is 19.9. The molecule has 1 aliphatic heterocycles. The SMILES string of the molecule is Cc1cc(OC(C)C(=O)NCc2cccc(CN3CCOCC3)c2)ccc1Cl. The fourth-order valence-corrected chi connectivity index (χ4v) is 3.25. The number of morpholine rings is 1. The highest BCUT2D eigenvalue weighted by molar-refractivity contribution is 6.31. The van der Waals surface area contributed by atoms with Crippen LogP contribution in [0.2, 0.25) is 5.02 Å². The number of halogens is 1. The summed E-state index contributed by atoms with van der Waals surface area (Å²) in [6.07, 6.45) is -0.586. The number of nitrogens with zero attached hydrogens (tertiary/aromatic N) is 1. The predicted molar refractivity (Wildman–Crippen MR) is 111 cm³/mol. The molecule has 6 heteroatoms. The van der Waals surface area contributed by atoms with Crippen molar-refractivity contribution in [2.24, 2.45) is 0 Å². The van der Waals surface area contributed by atoms with Crippen LogP contribution in [0.1, 0.15) is 23.6 Å². The Morgan fingerprint density at radius 2 is 1.96 bits per heavy atom. The lowest BCUT2D eigenvalue weighted by Gasteiger charge is -2.26. The van der Waals surface area contributed by atoms with Crippen molar-refractivity contribution in [3.63, 3.8) is 0 Å². The van der Waals surface area contributed by atoms with Gasteiger partial charge in [-0.25, -0.2) is 0 Å². The molecule has 0 bridgehead atoms. The molecule has 2 aromatic carbocycles. The molecule has 1 amide bonds. The Bertz CT molecular complexity index is 806. The Morgan fingerprint density at radius 3 is 2.71 bits per heavy atom. The average Bonchev–Trinajstić information content (AvgIpc) is 2.70. The Labute approximate surface area is 171 Å². The van der Waals surface area contributed by atoms with E-state index in [4.69, 9.17) is 21.1 Å². The molecule has 1 atom stereocenters. The molecule has 0 spiro atoms. The van der Waals surface area contributed by atoms with Gasteiger partial charge in [-0.1, -0.05) is 35.9 Å². The van der Waals surface area contributed by atoms with Crippen molar-refractivity contribution >= 4 is 17.5 Å². The van der Waals surface area contributed by atoms with Crippen molar-refractivity contribution in [3.05, 3.63) is 64.2 Å². The molecule has 0 saturated carbocycles. The lowest BCUT2D eigenvalue weighted by molar-refractivity contribution is -0.127. The van der Waals surface area contributed by atoms with Crippen molar-refractivity contribution in [2.45, 2.75) is 33.0 Å². The monoisotopic (exact) mass is 402 g/mol. The fourth-order valence-electron chi connectivity index (χ4n) is 3.14. The molecule has 1 fully saturated rings. The molecule has 5 nitrogen and oxygen atoms in total. The van der Waals surface area contributed by atoms with Crippen LogP contribution in [0.25, 0.3) is 0 Å². The summed E-state index contributed by atoms with van der Waals surface area (Å²) in [4.78, 5) is 14.8. The molecule has 1 N–H and O–H groups in total. The van der Waals surface area contributed by atoms with Crippen LogP contribution in [-0.4, -0.2) is 43.2 Å². The van der Waals surface area contributed by atoms with Gasteiger partial charge in [0.2, 0.25) is 0 Å². The molecule has 0 radical (unpaired) electrons. The minimum Gasteiger partial charge on any atom is -0.481 e. The highest BCUT2D eigenvalue weighted by atomic mass is 35.5. The summed E-state index contributed by atoms with van der Waals surface area (Å²) in [6.45, 7) is 8.53. The molecule has 0 aromatic heterocycles. The van der Waals surface area contributed by atoms with Gasteiger partial charge in [-0.05, 0) is 48.7 Å². The summed E-state index contributed by atoms with van der Waals surface area (Å²) in [5.74, 6) is 0.489. The Kier molecular flexibility index (Phi) is 7.31. The number of rotatable bonds is 7. The van der Waals surface area contributed by atoms with Gasteiger partial charge in [0.25, 0.3) is 5.91 Å². The van der Waals surface area contributed by atoms with E-state index in [1.54, 1.807) is 19.1 Å². The van der Waals surface area contributed by atoms with Gasteiger partial charge < -0.3 is 14.8 Å². The Morgan fingerprint density at radius 1 is 1.21 bits per heavy atom. The van der Waals surface area contributed by atoms with E-state index in [1.165, 1.54) is 5.56 Å². The van der Waals surface area contributed by atoms with Gasteiger partial charge in [0, 0.05) is 31.2 Å². The van der Waals surface area contributed by atoms with Crippen molar-refractivity contribution in [3.8, 4) is 5.75 Å². The lowest BCUT2D eigenvalue weighted by Crippen LogP contribution is -2.36. The second-order valence-electron chi connectivity index (χ2n) is 7.10. The van der Waals surface area contributed by atoms with Gasteiger partial charge in [0.15, 0.2) is 6.10 Å². The van der Waals surface area contributed by atoms with Gasteiger partial charge in [-0.2, -0.15) is 0 Å². The van der Waals surface area contributed by atoms with E-state index in [0.29, 0.717) is 17.3 Å². The smallest absolute Gasteiger partial charge is 0.261 e. The average molecular weight is 403 g/mol. The zero-order valence-electron chi connectivity index (χ0n) is 16.4. The summed E-state index contributed by atoms with van der Waals surface area (Å²) in [5.41, 5.74) is 3.24. The molecule has 0 aliphatic carbocycles. The maximum absolute atomic E-state index is 12.4. The summed E-state index contributed by atoms with van der Waals surface area (Å²) in [7, 11) is 0. The van der Waals surface area contributed by atoms with Crippen LogP contribution in [0.15, 0.2) is 42.5 Å². The summed E-state index contributed by atoms with van der Waals surface area (Å²) in [5, 5.41) is 3.63. The predicted octanol–water partition coefficient (Wildman–Crippen LogP) is 3.56. The van der Waals surface area contributed by atoms with E-state index in [9.17, 15) is 4.79 Å². The standard InChI is InChI=1S/C22H27ClN2O3/c1-16-12-20(6-7-21(16)23)28-17(2)22(26)24-14-18-4-3-5-19(13-18)15-25-8-10-27-11-9-25/h3-7,12-13,17H,8-11,14-15H2,1-2H3,(H,24,26). The second kappa shape index (κ2) is 9.92. The zero-order valence-corrected chi connectivity index (χ0v) is 17.2. The Hall–Kier alpha value is -2.08. The van der Waals surface area contributed by atoms with Crippen molar-refractivity contribution < 1.29 is 14.3 Å². The van der Waals surface area contributed by atoms with Gasteiger partial charge in [0.1, 0.15) is 5.75 Å². The number of hydrogen-bond donors (Lipinski definition) is 1. The minimum absolute atomic E-state index is 0.147. The minimum atomic E-state index is -0.586. The second-order valence-corrected chi connectivity index (χ2v) is 7.50. The van der Waals surface area contributed by atoms with Gasteiger partial charge in [-0.3, -0.25) is 9.69 Å². The van der Waals surface area contributed by atoms with E-state index >= 15 is 0 Å². The van der Waals surface area contributed by atoms with E-state index in [0.717, 1.165) is 44.0 Å². The summed E-state index contributed by atoms with van der Waals surface area (Å²) >= 11 is 6.03. The summed E-state index contributed by atoms with van der Waals surface area (Å²) in [6, 6.07) is 13.7. The van der Waals surface area contributed by atoms with Crippen LogP contribution in [0.3, 0.4) is 0 Å². The molecule has 3 rings (SSSR count). The quantitative estimate of drug-likeness (QED) is 0.769. The Balaban J connectivity index is 1.50. The van der Waals surface area contributed by atoms with Crippen LogP contribution >= 0.6 is 11.6 Å². The number of carbonyl (C=O) groups is 1. The molecule has 1 aliphatic rings. The summed E-state index contributed by atoms with van der Waals surface area (Å²) < 4.78 is 11.1. The molecule has 1 saturated heterocycles. The topological polar surface area (TPSA) is 50.8 Å². The number of carbonyl (C=O) groups excluding carboxylic acids is 1. The third-order valence-corrected chi connectivity index (χ3v) is 5.20. The van der Waals surface area contributed by atoms with E-state index in [-0.39, 0.29) is 5.91 Å². The fraction of sp³-hybridized carbons (Fsp3) is 0.409. The first kappa shape index (κ1) is 20.6.